The Morgan fingerprint density at radius 2 is 1.81 bits per heavy atom. The molecule has 1 aromatic rings. The summed E-state index contributed by atoms with van der Waals surface area (Å²) in [6.45, 7) is -0.869. The summed E-state index contributed by atoms with van der Waals surface area (Å²) >= 11 is 0. The molecule has 1 aliphatic rings. The lowest BCUT2D eigenvalue weighted by Gasteiger charge is -2.32. The maximum absolute atomic E-state index is 12.4. The third-order valence-corrected chi connectivity index (χ3v) is 3.67. The Morgan fingerprint density at radius 1 is 1.15 bits per heavy atom. The van der Waals surface area contributed by atoms with Crippen molar-refractivity contribution in [2.24, 2.45) is 0 Å². The number of anilines is 1. The molecule has 0 saturated carbocycles. The number of ether oxygens (including phenoxy) is 3. The van der Waals surface area contributed by atoms with Gasteiger partial charge in [0.25, 0.3) is 5.91 Å². The van der Waals surface area contributed by atoms with Gasteiger partial charge in [-0.25, -0.2) is 9.59 Å². The van der Waals surface area contributed by atoms with Gasteiger partial charge in [-0.1, -0.05) is 12.1 Å². The number of carbonyl (C=O) groups is 4. The monoisotopic (exact) mass is 378 g/mol. The molecule has 0 aliphatic carbocycles. The first-order chi connectivity index (χ1) is 12.9. The van der Waals surface area contributed by atoms with Gasteiger partial charge in [-0.15, -0.1) is 0 Å². The van der Waals surface area contributed by atoms with Gasteiger partial charge in [0.05, 0.1) is 37.7 Å². The number of aliphatic carboxylic acids is 1. The van der Waals surface area contributed by atoms with Crippen molar-refractivity contribution in [3.05, 3.63) is 41.1 Å². The first kappa shape index (κ1) is 19.9. The van der Waals surface area contributed by atoms with Gasteiger partial charge >= 0.3 is 17.9 Å². The lowest BCUT2D eigenvalue weighted by Crippen LogP contribution is -2.40. The van der Waals surface area contributed by atoms with Crippen LogP contribution in [0.1, 0.15) is 10.4 Å². The van der Waals surface area contributed by atoms with Crippen molar-refractivity contribution in [1.29, 1.82) is 0 Å². The van der Waals surface area contributed by atoms with Crippen molar-refractivity contribution >= 4 is 29.5 Å². The lowest BCUT2D eigenvalue weighted by molar-refractivity contribution is -0.140. The highest BCUT2D eigenvalue weighted by molar-refractivity contribution is 6.06. The number of rotatable bonds is 6. The molecule has 0 saturated heterocycles. The smallest absolute Gasteiger partial charge is 0.355 e. The molecule has 2 N–H and O–H groups in total. The van der Waals surface area contributed by atoms with E-state index >= 15 is 0 Å². The second-order valence-corrected chi connectivity index (χ2v) is 5.31. The number of amides is 1. The van der Waals surface area contributed by atoms with E-state index in [-0.39, 0.29) is 35.9 Å². The van der Waals surface area contributed by atoms with Crippen LogP contribution in [0.15, 0.2) is 35.5 Å². The number of carboxylic acid groups (broad SMARTS) is 1. The van der Waals surface area contributed by atoms with Crippen molar-refractivity contribution < 1.29 is 38.5 Å². The Labute approximate surface area is 154 Å². The molecule has 0 fully saturated rings. The molecule has 0 spiro atoms. The standard InChI is InChI=1S/C17H18N2O8/c1-25-16(23)11-8-27-9-19(14(11)17(24)26-2)12-6-4-3-5-10(12)15(22)18-7-13(20)21/h3-6H,7-9H2,1-2H3,(H,18,22)(H,20,21). The zero-order valence-corrected chi connectivity index (χ0v) is 14.7. The molecule has 0 bridgehead atoms. The summed E-state index contributed by atoms with van der Waals surface area (Å²) in [5, 5.41) is 11.0. The second-order valence-electron chi connectivity index (χ2n) is 5.31. The predicted octanol–water partition coefficient (Wildman–Crippen LogP) is -0.105. The van der Waals surface area contributed by atoms with Crippen molar-refractivity contribution in [3.8, 4) is 0 Å². The third kappa shape index (κ3) is 4.42. The molecule has 10 heteroatoms. The highest BCUT2D eigenvalue weighted by Gasteiger charge is 2.33. The van der Waals surface area contributed by atoms with Gasteiger partial charge in [-0.3, -0.25) is 9.59 Å². The minimum absolute atomic E-state index is 0.0589. The first-order valence-electron chi connectivity index (χ1n) is 7.74. The molecule has 1 heterocycles. The Hall–Kier alpha value is -3.40. The molecule has 0 radical (unpaired) electrons. The second kappa shape index (κ2) is 8.81. The van der Waals surface area contributed by atoms with E-state index in [2.05, 4.69) is 10.1 Å². The maximum Gasteiger partial charge on any atom is 0.355 e. The Bertz CT molecular complexity index is 802. The molecule has 27 heavy (non-hydrogen) atoms. The molecule has 1 amide bonds. The van der Waals surface area contributed by atoms with Crippen molar-refractivity contribution in [1.82, 2.24) is 5.32 Å². The lowest BCUT2D eigenvalue weighted by atomic mass is 10.1. The van der Waals surface area contributed by atoms with Crippen LogP contribution in [0.5, 0.6) is 0 Å². The van der Waals surface area contributed by atoms with Gasteiger partial charge in [0.1, 0.15) is 19.0 Å². The zero-order valence-electron chi connectivity index (χ0n) is 14.7. The van der Waals surface area contributed by atoms with Gasteiger partial charge in [0.2, 0.25) is 0 Å². The van der Waals surface area contributed by atoms with Crippen LogP contribution in [0.4, 0.5) is 5.69 Å². The molecular formula is C17H18N2O8. The van der Waals surface area contributed by atoms with E-state index in [0.29, 0.717) is 0 Å². The Kier molecular flexibility index (Phi) is 6.50. The van der Waals surface area contributed by atoms with Crippen molar-refractivity contribution in [2.45, 2.75) is 0 Å². The van der Waals surface area contributed by atoms with Crippen LogP contribution in [-0.4, -0.2) is 63.0 Å². The molecule has 10 nitrogen and oxygen atoms in total. The fraction of sp³-hybridized carbons (Fsp3) is 0.294. The van der Waals surface area contributed by atoms with Gasteiger partial charge in [0, 0.05) is 0 Å². The number of carboxylic acids is 1. The number of nitrogens with one attached hydrogen (secondary N) is 1. The van der Waals surface area contributed by atoms with Gasteiger partial charge < -0.3 is 29.5 Å². The molecular weight excluding hydrogens is 360 g/mol. The van der Waals surface area contributed by atoms with Gasteiger partial charge in [-0.2, -0.15) is 0 Å². The van der Waals surface area contributed by atoms with Gasteiger partial charge in [0.15, 0.2) is 0 Å². The van der Waals surface area contributed by atoms with E-state index in [9.17, 15) is 19.2 Å². The third-order valence-electron chi connectivity index (χ3n) is 3.67. The highest BCUT2D eigenvalue weighted by atomic mass is 16.5. The average Bonchev–Trinajstić information content (AvgIpc) is 2.70. The Balaban J connectivity index is 2.52. The quantitative estimate of drug-likeness (QED) is 0.651. The summed E-state index contributed by atoms with van der Waals surface area (Å²) in [4.78, 5) is 48.7. The molecule has 0 aromatic heterocycles. The molecule has 1 aliphatic heterocycles. The first-order valence-corrected chi connectivity index (χ1v) is 7.74. The van der Waals surface area contributed by atoms with Crippen molar-refractivity contribution in [3.63, 3.8) is 0 Å². The Morgan fingerprint density at radius 3 is 2.44 bits per heavy atom. The number of benzene rings is 1. The van der Waals surface area contributed by atoms with E-state index in [1.807, 2.05) is 0 Å². The minimum atomic E-state index is -1.20. The van der Waals surface area contributed by atoms with E-state index in [1.54, 1.807) is 12.1 Å². The average molecular weight is 378 g/mol. The van der Waals surface area contributed by atoms with E-state index in [4.69, 9.17) is 14.6 Å². The summed E-state index contributed by atoms with van der Waals surface area (Å²) in [5.74, 6) is -3.44. The molecule has 1 aromatic carbocycles. The number of hydrogen-bond acceptors (Lipinski definition) is 8. The van der Waals surface area contributed by atoms with Crippen LogP contribution in [0.25, 0.3) is 0 Å². The highest BCUT2D eigenvalue weighted by Crippen LogP contribution is 2.29. The number of hydrogen-bond donors (Lipinski definition) is 2. The van der Waals surface area contributed by atoms with Crippen LogP contribution in [0.2, 0.25) is 0 Å². The van der Waals surface area contributed by atoms with Crippen molar-refractivity contribution in [2.75, 3.05) is 39.0 Å². The molecule has 0 atom stereocenters. The molecule has 144 valence electrons. The molecule has 0 unspecified atom stereocenters. The topological polar surface area (TPSA) is 131 Å². The zero-order chi connectivity index (χ0) is 20.0. The minimum Gasteiger partial charge on any atom is -0.480 e. The number of para-hydroxylation sites is 1. The summed E-state index contributed by atoms with van der Waals surface area (Å²) < 4.78 is 14.8. The predicted molar refractivity (Wildman–Crippen MR) is 90.8 cm³/mol. The fourth-order valence-electron chi connectivity index (χ4n) is 2.49. The summed E-state index contributed by atoms with van der Waals surface area (Å²) in [6.07, 6.45) is 0. The van der Waals surface area contributed by atoms with E-state index in [1.165, 1.54) is 17.0 Å². The number of esters is 2. The maximum atomic E-state index is 12.4. The number of carbonyl (C=O) groups excluding carboxylic acids is 3. The summed E-state index contributed by atoms with van der Waals surface area (Å²) in [6, 6.07) is 6.17. The van der Waals surface area contributed by atoms with E-state index in [0.717, 1.165) is 14.2 Å². The molecule has 2 rings (SSSR count). The van der Waals surface area contributed by atoms with Crippen LogP contribution in [-0.2, 0) is 28.6 Å². The fourth-order valence-corrected chi connectivity index (χ4v) is 2.49. The van der Waals surface area contributed by atoms with Crippen LogP contribution < -0.4 is 10.2 Å². The largest absolute Gasteiger partial charge is 0.480 e. The summed E-state index contributed by atoms with van der Waals surface area (Å²) in [7, 11) is 2.32. The summed E-state index contributed by atoms with van der Waals surface area (Å²) in [5.41, 5.74) is 0.155. The van der Waals surface area contributed by atoms with Crippen LogP contribution in [0.3, 0.4) is 0 Å². The number of methoxy groups -OCH3 is 2. The van der Waals surface area contributed by atoms with Crippen LogP contribution in [0, 0.1) is 0 Å². The van der Waals surface area contributed by atoms with Crippen LogP contribution >= 0.6 is 0 Å². The normalized spacial score (nSPS) is 13.8. The SMILES string of the molecule is COC(=O)C1=C(C(=O)OC)N(c2ccccc2C(=O)NCC(=O)O)COC1. The van der Waals surface area contributed by atoms with E-state index < -0.39 is 30.4 Å². The van der Waals surface area contributed by atoms with Gasteiger partial charge in [-0.05, 0) is 12.1 Å². The number of nitrogens with zero attached hydrogens (tertiary/aromatic N) is 1.